The van der Waals surface area contributed by atoms with E-state index in [1.807, 2.05) is 0 Å². The van der Waals surface area contributed by atoms with Crippen LogP contribution in [0.4, 0.5) is 14.7 Å². The highest BCUT2D eigenvalue weighted by Gasteiger charge is 2.19. The van der Waals surface area contributed by atoms with Crippen LogP contribution in [-0.2, 0) is 6.42 Å². The fraction of sp³-hybridized carbons (Fsp3) is 0.154. The Bertz CT molecular complexity index is 924. The van der Waals surface area contributed by atoms with Crippen LogP contribution in [0.1, 0.15) is 27.6 Å². The normalized spacial score (nSPS) is 11.2. The monoisotopic (exact) mass is 386 g/mol. The number of nitrogens with zero attached hydrogens (tertiary/aromatic N) is 5. The first kappa shape index (κ1) is 17.2. The summed E-state index contributed by atoms with van der Waals surface area (Å²) in [5, 5.41) is 14.6. The number of carboxylic acids is 1. The molecule has 0 atom stereocenters. The van der Waals surface area contributed by atoms with Crippen molar-refractivity contribution in [3.8, 4) is 11.4 Å². The number of nitrogen functional groups attached to an aromatic ring is 1. The first-order chi connectivity index (χ1) is 11.8. The molecule has 0 radical (unpaired) electrons. The zero-order valence-electron chi connectivity index (χ0n) is 12.2. The predicted molar refractivity (Wildman–Crippen MR) is 85.8 cm³/mol. The van der Waals surface area contributed by atoms with Gasteiger partial charge < -0.3 is 10.8 Å². The van der Waals surface area contributed by atoms with Crippen molar-refractivity contribution >= 4 is 34.9 Å². The van der Waals surface area contributed by atoms with Crippen molar-refractivity contribution < 1.29 is 18.7 Å². The molecule has 3 heterocycles. The standard InChI is InChI=1S/C13H9ClF2N6O2S/c14-8-2-6(19-13(17)20-8)10-5(3-22(21-10)12(15)16)1-9-18-7(4-25-9)11(23)24/h2-4,12H,1H2,(H,23,24)(H2,17,19,20). The smallest absolute Gasteiger partial charge is 0.355 e. The summed E-state index contributed by atoms with van der Waals surface area (Å²) in [5.41, 5.74) is 6.12. The van der Waals surface area contributed by atoms with Crippen LogP contribution in [-0.4, -0.2) is 35.8 Å². The minimum atomic E-state index is -2.85. The SMILES string of the molecule is Nc1nc(Cl)cc(-c2nn(C(F)F)cc2Cc2nc(C(=O)O)cs2)n1. The molecule has 3 aromatic rings. The van der Waals surface area contributed by atoms with Gasteiger partial charge >= 0.3 is 12.5 Å². The lowest BCUT2D eigenvalue weighted by Crippen LogP contribution is -2.00. The topological polar surface area (TPSA) is 120 Å². The van der Waals surface area contributed by atoms with Crippen molar-refractivity contribution in [2.45, 2.75) is 13.0 Å². The molecular formula is C13H9ClF2N6O2S. The average Bonchev–Trinajstić information content (AvgIpc) is 3.14. The van der Waals surface area contributed by atoms with Gasteiger partial charge in [0.25, 0.3) is 0 Å². The summed E-state index contributed by atoms with van der Waals surface area (Å²) in [6.07, 6.45) is 1.25. The maximum absolute atomic E-state index is 13.0. The summed E-state index contributed by atoms with van der Waals surface area (Å²) in [4.78, 5) is 22.5. The lowest BCUT2D eigenvalue weighted by Gasteiger charge is -2.02. The van der Waals surface area contributed by atoms with Crippen LogP contribution in [0.5, 0.6) is 0 Å². The van der Waals surface area contributed by atoms with E-state index in [2.05, 4.69) is 20.1 Å². The predicted octanol–water partition coefficient (Wildman–Crippen LogP) is 2.72. The van der Waals surface area contributed by atoms with Gasteiger partial charge in [-0.15, -0.1) is 11.3 Å². The van der Waals surface area contributed by atoms with E-state index in [-0.39, 0.29) is 34.6 Å². The van der Waals surface area contributed by atoms with Crippen molar-refractivity contribution in [1.82, 2.24) is 24.7 Å². The summed E-state index contributed by atoms with van der Waals surface area (Å²) in [6.45, 7) is -2.85. The molecule has 0 aliphatic carbocycles. The van der Waals surface area contributed by atoms with E-state index < -0.39 is 12.5 Å². The van der Waals surface area contributed by atoms with Crippen molar-refractivity contribution in [3.63, 3.8) is 0 Å². The molecule has 0 aliphatic heterocycles. The van der Waals surface area contributed by atoms with Crippen LogP contribution in [0.2, 0.25) is 5.15 Å². The number of nitrogens with two attached hydrogens (primary N) is 1. The molecule has 0 aromatic carbocycles. The van der Waals surface area contributed by atoms with Crippen LogP contribution in [0.3, 0.4) is 0 Å². The summed E-state index contributed by atoms with van der Waals surface area (Å²) >= 11 is 6.93. The number of carbonyl (C=O) groups is 1. The van der Waals surface area contributed by atoms with Crippen LogP contribution < -0.4 is 5.73 Å². The molecule has 25 heavy (non-hydrogen) atoms. The molecule has 0 saturated heterocycles. The van der Waals surface area contributed by atoms with Gasteiger partial charge in [-0.05, 0) is 0 Å². The van der Waals surface area contributed by atoms with E-state index in [4.69, 9.17) is 22.4 Å². The van der Waals surface area contributed by atoms with Gasteiger partial charge in [-0.2, -0.15) is 13.9 Å². The third-order valence-electron chi connectivity index (χ3n) is 3.08. The Labute approximate surface area is 147 Å². The number of alkyl halides is 2. The fourth-order valence-electron chi connectivity index (χ4n) is 2.08. The number of anilines is 1. The zero-order chi connectivity index (χ0) is 18.1. The van der Waals surface area contributed by atoms with E-state index in [0.717, 1.165) is 17.5 Å². The molecule has 3 rings (SSSR count). The minimum Gasteiger partial charge on any atom is -0.476 e. The van der Waals surface area contributed by atoms with Crippen LogP contribution in [0.25, 0.3) is 11.4 Å². The molecule has 0 spiro atoms. The molecule has 8 nitrogen and oxygen atoms in total. The van der Waals surface area contributed by atoms with Crippen molar-refractivity contribution in [2.24, 2.45) is 0 Å². The second-order valence-corrected chi connectivity index (χ2v) is 6.13. The molecule has 0 saturated carbocycles. The summed E-state index contributed by atoms with van der Waals surface area (Å²) in [7, 11) is 0. The largest absolute Gasteiger partial charge is 0.476 e. The first-order valence-corrected chi connectivity index (χ1v) is 7.93. The van der Waals surface area contributed by atoms with Crippen LogP contribution in [0.15, 0.2) is 17.6 Å². The maximum atomic E-state index is 13.0. The number of thiazole rings is 1. The molecule has 0 bridgehead atoms. The van der Waals surface area contributed by atoms with Gasteiger partial charge in [0.1, 0.15) is 10.8 Å². The Hall–Kier alpha value is -2.66. The molecule has 3 aromatic heterocycles. The van der Waals surface area contributed by atoms with E-state index in [9.17, 15) is 13.6 Å². The van der Waals surface area contributed by atoms with Gasteiger partial charge in [0.15, 0.2) is 5.69 Å². The van der Waals surface area contributed by atoms with Gasteiger partial charge in [0, 0.05) is 29.6 Å². The molecule has 12 heteroatoms. The summed E-state index contributed by atoms with van der Waals surface area (Å²) in [5.74, 6) is -1.29. The Kier molecular flexibility index (Phi) is 4.59. The Morgan fingerprint density at radius 1 is 1.40 bits per heavy atom. The number of carboxylic acid groups (broad SMARTS) is 1. The summed E-state index contributed by atoms with van der Waals surface area (Å²) < 4.78 is 26.5. The lowest BCUT2D eigenvalue weighted by atomic mass is 10.1. The van der Waals surface area contributed by atoms with Gasteiger partial charge in [-0.3, -0.25) is 0 Å². The second-order valence-electron chi connectivity index (χ2n) is 4.80. The van der Waals surface area contributed by atoms with E-state index >= 15 is 0 Å². The van der Waals surface area contributed by atoms with E-state index in [1.54, 1.807) is 0 Å². The van der Waals surface area contributed by atoms with E-state index in [0.29, 0.717) is 15.3 Å². The fourth-order valence-corrected chi connectivity index (χ4v) is 3.07. The quantitative estimate of drug-likeness (QED) is 0.647. The average molecular weight is 387 g/mol. The molecule has 0 fully saturated rings. The highest BCUT2D eigenvalue weighted by Crippen LogP contribution is 2.27. The van der Waals surface area contributed by atoms with Crippen molar-refractivity contribution in [1.29, 1.82) is 0 Å². The van der Waals surface area contributed by atoms with Crippen molar-refractivity contribution in [3.05, 3.63) is 39.1 Å². The zero-order valence-corrected chi connectivity index (χ0v) is 13.8. The number of hydrogen-bond acceptors (Lipinski definition) is 7. The number of hydrogen-bond donors (Lipinski definition) is 2. The van der Waals surface area contributed by atoms with Crippen LogP contribution in [0, 0.1) is 0 Å². The highest BCUT2D eigenvalue weighted by atomic mass is 35.5. The van der Waals surface area contributed by atoms with Crippen LogP contribution >= 0.6 is 22.9 Å². The van der Waals surface area contributed by atoms with Gasteiger partial charge in [-0.1, -0.05) is 11.6 Å². The van der Waals surface area contributed by atoms with Gasteiger partial charge in [0.2, 0.25) is 5.95 Å². The summed E-state index contributed by atoms with van der Waals surface area (Å²) in [6, 6.07) is 1.35. The molecule has 3 N–H and O–H groups in total. The first-order valence-electron chi connectivity index (χ1n) is 6.68. The van der Waals surface area contributed by atoms with E-state index in [1.165, 1.54) is 11.4 Å². The van der Waals surface area contributed by atoms with Gasteiger partial charge in [-0.25, -0.2) is 24.4 Å². The molecule has 130 valence electrons. The number of aromatic nitrogens is 5. The second kappa shape index (κ2) is 6.69. The van der Waals surface area contributed by atoms with Gasteiger partial charge in [0.05, 0.1) is 10.7 Å². The molecular weight excluding hydrogens is 378 g/mol. The number of rotatable bonds is 5. The minimum absolute atomic E-state index is 0.0439. The third-order valence-corrected chi connectivity index (χ3v) is 4.12. The lowest BCUT2D eigenvalue weighted by molar-refractivity contribution is 0.0567. The Balaban J connectivity index is 2.03. The Morgan fingerprint density at radius 3 is 2.76 bits per heavy atom. The molecule has 0 aliphatic rings. The molecule has 0 unspecified atom stereocenters. The number of aromatic carboxylic acids is 1. The molecule has 0 amide bonds. The highest BCUT2D eigenvalue weighted by molar-refractivity contribution is 7.09. The maximum Gasteiger partial charge on any atom is 0.355 e. The number of halogens is 3. The van der Waals surface area contributed by atoms with Crippen molar-refractivity contribution in [2.75, 3.05) is 5.73 Å². The third kappa shape index (κ3) is 3.72. The Morgan fingerprint density at radius 2 is 2.16 bits per heavy atom.